The van der Waals surface area contributed by atoms with Crippen LogP contribution in [0.1, 0.15) is 26.2 Å². The first-order chi connectivity index (χ1) is 12.8. The first kappa shape index (κ1) is 20.5. The number of rotatable bonds is 7. The first-order valence-electron chi connectivity index (χ1n) is 8.38. The molecule has 2 aromatic carbocycles. The van der Waals surface area contributed by atoms with Gasteiger partial charge >= 0.3 is 18.1 Å². The van der Waals surface area contributed by atoms with Crippen LogP contribution in [0.4, 0.5) is 13.2 Å². The maximum Gasteiger partial charge on any atom is 0.425 e. The molecule has 0 heterocycles. The Labute approximate surface area is 154 Å². The summed E-state index contributed by atoms with van der Waals surface area (Å²) in [4.78, 5) is 23.1. The van der Waals surface area contributed by atoms with Crippen LogP contribution < -0.4 is 4.74 Å². The highest BCUT2D eigenvalue weighted by molar-refractivity contribution is 5.74. The third kappa shape index (κ3) is 6.77. The molecule has 1 atom stereocenters. The van der Waals surface area contributed by atoms with E-state index < -0.39 is 24.2 Å². The van der Waals surface area contributed by atoms with E-state index in [2.05, 4.69) is 4.74 Å². The molecule has 0 aliphatic rings. The van der Waals surface area contributed by atoms with Gasteiger partial charge in [0, 0.05) is 12.8 Å². The minimum absolute atomic E-state index is 0.0460. The van der Waals surface area contributed by atoms with Crippen molar-refractivity contribution in [1.82, 2.24) is 0 Å². The lowest BCUT2D eigenvalue weighted by molar-refractivity contribution is -0.216. The number of carbonyl (C=O) groups excluding carboxylic acids is 2. The zero-order chi connectivity index (χ0) is 19.9. The van der Waals surface area contributed by atoms with E-state index in [-0.39, 0.29) is 19.3 Å². The molecule has 0 amide bonds. The lowest BCUT2D eigenvalue weighted by Crippen LogP contribution is -2.30. The monoisotopic (exact) mass is 380 g/mol. The molecule has 0 radical (unpaired) electrons. The van der Waals surface area contributed by atoms with Crippen LogP contribution in [-0.2, 0) is 14.3 Å². The number of ether oxygens (including phenoxy) is 2. The Hall–Kier alpha value is -2.83. The molecule has 0 bridgehead atoms. The van der Waals surface area contributed by atoms with Gasteiger partial charge < -0.3 is 9.47 Å². The number of benzene rings is 2. The van der Waals surface area contributed by atoms with Gasteiger partial charge in [-0.05, 0) is 36.6 Å². The third-order valence-corrected chi connectivity index (χ3v) is 3.72. The summed E-state index contributed by atoms with van der Waals surface area (Å²) in [5.74, 6) is -1.22. The Morgan fingerprint density at radius 2 is 1.44 bits per heavy atom. The van der Waals surface area contributed by atoms with Crippen molar-refractivity contribution >= 4 is 11.9 Å². The maximum absolute atomic E-state index is 12.3. The fourth-order valence-corrected chi connectivity index (χ4v) is 2.23. The van der Waals surface area contributed by atoms with Crippen molar-refractivity contribution in [3.8, 4) is 16.9 Å². The van der Waals surface area contributed by atoms with Crippen molar-refractivity contribution in [2.24, 2.45) is 0 Å². The van der Waals surface area contributed by atoms with Crippen molar-refractivity contribution in [1.29, 1.82) is 0 Å². The van der Waals surface area contributed by atoms with Crippen LogP contribution in [0.5, 0.6) is 5.75 Å². The molecule has 0 saturated heterocycles. The van der Waals surface area contributed by atoms with Crippen molar-refractivity contribution in [3.63, 3.8) is 0 Å². The van der Waals surface area contributed by atoms with E-state index in [1.54, 1.807) is 12.1 Å². The normalized spacial score (nSPS) is 12.3. The van der Waals surface area contributed by atoms with Gasteiger partial charge in [0.05, 0.1) is 0 Å². The summed E-state index contributed by atoms with van der Waals surface area (Å²) in [5.41, 5.74) is 2.00. The van der Waals surface area contributed by atoms with E-state index in [1.165, 1.54) is 0 Å². The van der Waals surface area contributed by atoms with Crippen LogP contribution >= 0.6 is 0 Å². The van der Waals surface area contributed by atoms with E-state index in [1.807, 2.05) is 42.5 Å². The third-order valence-electron chi connectivity index (χ3n) is 3.72. The summed E-state index contributed by atoms with van der Waals surface area (Å²) in [6.45, 7) is 0.755. The van der Waals surface area contributed by atoms with Crippen molar-refractivity contribution < 1.29 is 32.2 Å². The van der Waals surface area contributed by atoms with Crippen molar-refractivity contribution in [2.45, 2.75) is 38.5 Å². The maximum atomic E-state index is 12.3. The molecule has 0 aliphatic carbocycles. The molecule has 7 heteroatoms. The van der Waals surface area contributed by atoms with Gasteiger partial charge in [0.1, 0.15) is 5.75 Å². The number of halogens is 3. The van der Waals surface area contributed by atoms with E-state index in [0.717, 1.165) is 18.1 Å². The van der Waals surface area contributed by atoms with Gasteiger partial charge in [-0.25, -0.2) is 0 Å². The van der Waals surface area contributed by atoms with Crippen LogP contribution in [0.25, 0.3) is 11.1 Å². The molecule has 0 N–H and O–H groups in total. The number of hydrogen-bond acceptors (Lipinski definition) is 4. The molecule has 2 rings (SSSR count). The SMILES string of the molecule is CC(OC(=O)CCCC(=O)Oc1ccc(-c2ccccc2)cc1)C(F)(F)F. The van der Waals surface area contributed by atoms with Gasteiger partial charge in [-0.3, -0.25) is 9.59 Å². The van der Waals surface area contributed by atoms with Crippen LogP contribution in [0.15, 0.2) is 54.6 Å². The summed E-state index contributed by atoms with van der Waals surface area (Å²) in [6, 6.07) is 16.6. The second kappa shape index (κ2) is 9.21. The Bertz CT molecular complexity index is 755. The standard InChI is InChI=1S/C20H19F3O4/c1-14(20(21,22)23)26-18(24)8-5-9-19(25)27-17-12-10-16(11-13-17)15-6-3-2-4-7-15/h2-4,6-7,10-14H,5,8-9H2,1H3. The van der Waals surface area contributed by atoms with Crippen LogP contribution in [0.3, 0.4) is 0 Å². The van der Waals surface area contributed by atoms with E-state index in [9.17, 15) is 22.8 Å². The summed E-state index contributed by atoms with van der Waals surface area (Å²) in [5, 5.41) is 0. The average molecular weight is 380 g/mol. The zero-order valence-corrected chi connectivity index (χ0v) is 14.7. The molecule has 0 saturated carbocycles. The number of hydrogen-bond donors (Lipinski definition) is 0. The fraction of sp³-hybridized carbons (Fsp3) is 0.300. The zero-order valence-electron chi connectivity index (χ0n) is 14.7. The first-order valence-corrected chi connectivity index (χ1v) is 8.38. The largest absolute Gasteiger partial charge is 0.453 e. The minimum Gasteiger partial charge on any atom is -0.453 e. The number of alkyl halides is 3. The van der Waals surface area contributed by atoms with E-state index >= 15 is 0 Å². The quantitative estimate of drug-likeness (QED) is 0.505. The van der Waals surface area contributed by atoms with E-state index in [4.69, 9.17) is 4.74 Å². The summed E-state index contributed by atoms with van der Waals surface area (Å²) in [7, 11) is 0. The van der Waals surface area contributed by atoms with Gasteiger partial charge in [-0.15, -0.1) is 0 Å². The highest BCUT2D eigenvalue weighted by Gasteiger charge is 2.38. The minimum atomic E-state index is -4.60. The Morgan fingerprint density at radius 1 is 0.889 bits per heavy atom. The lowest BCUT2D eigenvalue weighted by atomic mass is 10.1. The molecule has 0 fully saturated rings. The van der Waals surface area contributed by atoms with Crippen LogP contribution in [-0.4, -0.2) is 24.2 Å². The molecule has 0 spiro atoms. The highest BCUT2D eigenvalue weighted by atomic mass is 19.4. The Kier molecular flexibility index (Phi) is 6.98. The molecule has 1 unspecified atom stereocenters. The van der Waals surface area contributed by atoms with Crippen molar-refractivity contribution in [2.75, 3.05) is 0 Å². The highest BCUT2D eigenvalue weighted by Crippen LogP contribution is 2.24. The lowest BCUT2D eigenvalue weighted by Gasteiger charge is -2.16. The summed E-state index contributed by atoms with van der Waals surface area (Å²) >= 11 is 0. The molecule has 2 aromatic rings. The number of carbonyl (C=O) groups is 2. The predicted molar refractivity (Wildman–Crippen MR) is 93.0 cm³/mol. The molecular formula is C20H19F3O4. The van der Waals surface area contributed by atoms with Gasteiger partial charge in [-0.1, -0.05) is 42.5 Å². The molecule has 144 valence electrons. The topological polar surface area (TPSA) is 52.6 Å². The van der Waals surface area contributed by atoms with Gasteiger partial charge in [0.25, 0.3) is 0 Å². The average Bonchev–Trinajstić information content (AvgIpc) is 2.62. The molecular weight excluding hydrogens is 361 g/mol. The van der Waals surface area contributed by atoms with Crippen LogP contribution in [0.2, 0.25) is 0 Å². The molecule has 4 nitrogen and oxygen atoms in total. The molecule has 27 heavy (non-hydrogen) atoms. The second-order valence-electron chi connectivity index (χ2n) is 5.89. The van der Waals surface area contributed by atoms with E-state index in [0.29, 0.717) is 5.75 Å². The van der Waals surface area contributed by atoms with Crippen LogP contribution in [0, 0.1) is 0 Å². The molecule has 0 aliphatic heterocycles. The number of esters is 2. The van der Waals surface area contributed by atoms with Gasteiger partial charge in [0.2, 0.25) is 0 Å². The Morgan fingerprint density at radius 3 is 2.04 bits per heavy atom. The smallest absolute Gasteiger partial charge is 0.425 e. The van der Waals surface area contributed by atoms with Gasteiger partial charge in [0.15, 0.2) is 6.10 Å². The molecule has 0 aromatic heterocycles. The summed E-state index contributed by atoms with van der Waals surface area (Å²) in [6.07, 6.45) is -7.11. The van der Waals surface area contributed by atoms with Crippen molar-refractivity contribution in [3.05, 3.63) is 54.6 Å². The second-order valence-corrected chi connectivity index (χ2v) is 5.89. The summed E-state index contributed by atoms with van der Waals surface area (Å²) < 4.78 is 46.3. The predicted octanol–water partition coefficient (Wildman–Crippen LogP) is 4.92. The fourth-order valence-electron chi connectivity index (χ4n) is 2.23. The Balaban J connectivity index is 1.75. The van der Waals surface area contributed by atoms with Gasteiger partial charge in [-0.2, -0.15) is 13.2 Å².